The van der Waals surface area contributed by atoms with Gasteiger partial charge in [-0.25, -0.2) is 0 Å². The van der Waals surface area contributed by atoms with Gasteiger partial charge in [-0.05, 0) is 19.4 Å². The highest BCUT2D eigenvalue weighted by Crippen LogP contribution is 2.15. The molecule has 0 spiro atoms. The normalized spacial score (nSPS) is 30.7. The van der Waals surface area contributed by atoms with Gasteiger partial charge in [0.1, 0.15) is 0 Å². The average molecular weight is 170 g/mol. The number of rotatable bonds is 2. The SMILES string of the molecule is CC(C)N1C[C@H](O)[C@H](N=[N+]=[N-])C1. The fraction of sp³-hybridized carbons (Fsp3) is 1.00. The molecule has 1 N–H and O–H groups in total. The molecule has 0 aromatic rings. The van der Waals surface area contributed by atoms with Crippen molar-refractivity contribution in [2.45, 2.75) is 32.0 Å². The maximum absolute atomic E-state index is 9.43. The van der Waals surface area contributed by atoms with Crippen molar-refractivity contribution in [2.75, 3.05) is 13.1 Å². The van der Waals surface area contributed by atoms with Gasteiger partial charge in [0.2, 0.25) is 0 Å². The number of β-amino-alcohol motifs (C(OH)–C–C–N with tert-alkyl or cyclic N) is 1. The second kappa shape index (κ2) is 3.76. The van der Waals surface area contributed by atoms with Crippen LogP contribution in [0.2, 0.25) is 0 Å². The smallest absolute Gasteiger partial charge is 0.0773 e. The van der Waals surface area contributed by atoms with E-state index in [1.54, 1.807) is 0 Å². The van der Waals surface area contributed by atoms with Crippen LogP contribution in [-0.4, -0.2) is 41.3 Å². The zero-order valence-electron chi connectivity index (χ0n) is 7.38. The summed E-state index contributed by atoms with van der Waals surface area (Å²) in [4.78, 5) is 4.80. The highest BCUT2D eigenvalue weighted by molar-refractivity contribution is 4.90. The lowest BCUT2D eigenvalue weighted by Crippen LogP contribution is -2.29. The van der Waals surface area contributed by atoms with E-state index in [9.17, 15) is 5.11 Å². The molecule has 0 unspecified atom stereocenters. The van der Waals surface area contributed by atoms with Crippen molar-refractivity contribution in [3.8, 4) is 0 Å². The highest BCUT2D eigenvalue weighted by atomic mass is 16.3. The minimum absolute atomic E-state index is 0.266. The monoisotopic (exact) mass is 170 g/mol. The molecule has 0 aliphatic carbocycles. The van der Waals surface area contributed by atoms with Crippen LogP contribution in [0, 0.1) is 0 Å². The largest absolute Gasteiger partial charge is 0.391 e. The maximum Gasteiger partial charge on any atom is 0.0773 e. The van der Waals surface area contributed by atoms with Gasteiger partial charge in [0.05, 0.1) is 12.1 Å². The van der Waals surface area contributed by atoms with Gasteiger partial charge in [-0.3, -0.25) is 4.90 Å². The summed E-state index contributed by atoms with van der Waals surface area (Å²) in [6.45, 7) is 5.40. The fourth-order valence-corrected chi connectivity index (χ4v) is 1.40. The number of hydrogen-bond acceptors (Lipinski definition) is 3. The summed E-state index contributed by atoms with van der Waals surface area (Å²) in [5.74, 6) is 0. The maximum atomic E-state index is 9.43. The van der Waals surface area contributed by atoms with Crippen LogP contribution < -0.4 is 0 Å². The number of aliphatic hydroxyl groups is 1. The summed E-state index contributed by atoms with van der Waals surface area (Å²) in [5.41, 5.74) is 8.20. The van der Waals surface area contributed by atoms with Gasteiger partial charge >= 0.3 is 0 Å². The van der Waals surface area contributed by atoms with Crippen molar-refractivity contribution in [2.24, 2.45) is 5.11 Å². The first-order valence-electron chi connectivity index (χ1n) is 4.11. The third kappa shape index (κ3) is 1.88. The first-order chi connectivity index (χ1) is 5.65. The van der Waals surface area contributed by atoms with Crippen molar-refractivity contribution >= 4 is 0 Å². The van der Waals surface area contributed by atoms with Crippen LogP contribution in [0.1, 0.15) is 13.8 Å². The number of azide groups is 1. The Labute approximate surface area is 71.6 Å². The molecule has 0 bridgehead atoms. The van der Waals surface area contributed by atoms with Crippen LogP contribution in [0.5, 0.6) is 0 Å². The van der Waals surface area contributed by atoms with E-state index in [1.807, 2.05) is 0 Å². The van der Waals surface area contributed by atoms with Crippen molar-refractivity contribution in [3.63, 3.8) is 0 Å². The second-order valence-electron chi connectivity index (χ2n) is 3.39. The van der Waals surface area contributed by atoms with Crippen molar-refractivity contribution < 1.29 is 5.11 Å². The van der Waals surface area contributed by atoms with Crippen molar-refractivity contribution in [1.29, 1.82) is 0 Å². The van der Waals surface area contributed by atoms with Crippen molar-refractivity contribution in [3.05, 3.63) is 10.4 Å². The minimum atomic E-state index is -0.497. The lowest BCUT2D eigenvalue weighted by molar-refractivity contribution is 0.158. The van der Waals surface area contributed by atoms with E-state index in [4.69, 9.17) is 5.53 Å². The molecule has 2 atom stereocenters. The Bertz CT molecular complexity index is 200. The molecule has 1 saturated heterocycles. The van der Waals surface area contributed by atoms with E-state index >= 15 is 0 Å². The lowest BCUT2D eigenvalue weighted by Gasteiger charge is -2.18. The molecule has 0 aromatic carbocycles. The standard InChI is InChI=1S/C7H14N4O/c1-5(2)11-3-6(9-10-8)7(12)4-11/h5-7,12H,3-4H2,1-2H3/t6-,7+/m1/s1. The van der Waals surface area contributed by atoms with E-state index in [-0.39, 0.29) is 6.04 Å². The lowest BCUT2D eigenvalue weighted by atomic mass is 10.2. The van der Waals surface area contributed by atoms with Gasteiger partial charge in [0, 0.05) is 24.0 Å². The van der Waals surface area contributed by atoms with Crippen LogP contribution in [0.25, 0.3) is 10.4 Å². The van der Waals surface area contributed by atoms with E-state index in [0.29, 0.717) is 19.1 Å². The van der Waals surface area contributed by atoms with E-state index in [1.165, 1.54) is 0 Å². The molecule has 1 aliphatic heterocycles. The van der Waals surface area contributed by atoms with Gasteiger partial charge in [0.25, 0.3) is 0 Å². The van der Waals surface area contributed by atoms with E-state index < -0.39 is 6.10 Å². The quantitative estimate of drug-likeness (QED) is 0.377. The third-order valence-electron chi connectivity index (χ3n) is 2.22. The zero-order chi connectivity index (χ0) is 9.14. The van der Waals surface area contributed by atoms with Gasteiger partial charge in [-0.1, -0.05) is 5.11 Å². The summed E-state index contributed by atoms with van der Waals surface area (Å²) < 4.78 is 0. The summed E-state index contributed by atoms with van der Waals surface area (Å²) in [5, 5.41) is 13.0. The molecule has 5 heteroatoms. The Morgan fingerprint density at radius 3 is 2.67 bits per heavy atom. The average Bonchev–Trinajstić information content (AvgIpc) is 2.34. The fourth-order valence-electron chi connectivity index (χ4n) is 1.40. The molecule has 0 radical (unpaired) electrons. The Balaban J connectivity index is 2.55. The van der Waals surface area contributed by atoms with Crippen LogP contribution >= 0.6 is 0 Å². The van der Waals surface area contributed by atoms with Crippen molar-refractivity contribution in [1.82, 2.24) is 4.90 Å². The summed E-state index contributed by atoms with van der Waals surface area (Å²) >= 11 is 0. The van der Waals surface area contributed by atoms with E-state index in [2.05, 4.69) is 28.8 Å². The molecule has 0 aromatic heterocycles. The Morgan fingerprint density at radius 2 is 2.25 bits per heavy atom. The van der Waals surface area contributed by atoms with Gasteiger partial charge in [-0.15, -0.1) is 0 Å². The number of nitrogens with zero attached hydrogens (tertiary/aromatic N) is 4. The molecule has 0 amide bonds. The Hall–Kier alpha value is -0.770. The predicted molar refractivity (Wildman–Crippen MR) is 45.6 cm³/mol. The molecule has 5 nitrogen and oxygen atoms in total. The zero-order valence-corrected chi connectivity index (χ0v) is 7.38. The molecular formula is C7H14N4O. The van der Waals surface area contributed by atoms with Crippen LogP contribution in [0.4, 0.5) is 0 Å². The topological polar surface area (TPSA) is 72.2 Å². The van der Waals surface area contributed by atoms with Crippen LogP contribution in [0.3, 0.4) is 0 Å². The van der Waals surface area contributed by atoms with E-state index in [0.717, 1.165) is 0 Å². The number of aliphatic hydroxyl groups excluding tert-OH is 1. The molecule has 12 heavy (non-hydrogen) atoms. The molecule has 1 fully saturated rings. The van der Waals surface area contributed by atoms with Crippen LogP contribution in [-0.2, 0) is 0 Å². The van der Waals surface area contributed by atoms with Gasteiger partial charge in [0.15, 0.2) is 0 Å². The molecule has 1 rings (SSSR count). The van der Waals surface area contributed by atoms with Crippen LogP contribution in [0.15, 0.2) is 5.11 Å². The summed E-state index contributed by atoms with van der Waals surface area (Å²) in [7, 11) is 0. The van der Waals surface area contributed by atoms with Gasteiger partial charge < -0.3 is 5.11 Å². The molecule has 0 saturated carbocycles. The molecular weight excluding hydrogens is 156 g/mol. The molecule has 68 valence electrons. The minimum Gasteiger partial charge on any atom is -0.391 e. The number of hydrogen-bond donors (Lipinski definition) is 1. The first kappa shape index (κ1) is 9.32. The Kier molecular flexibility index (Phi) is 2.92. The second-order valence-corrected chi connectivity index (χ2v) is 3.39. The Morgan fingerprint density at radius 1 is 1.58 bits per heavy atom. The molecule has 1 heterocycles. The third-order valence-corrected chi connectivity index (χ3v) is 2.22. The highest BCUT2D eigenvalue weighted by Gasteiger charge is 2.31. The number of likely N-dealkylation sites (tertiary alicyclic amines) is 1. The summed E-state index contributed by atoms with van der Waals surface area (Å²) in [6.07, 6.45) is -0.497. The first-order valence-corrected chi connectivity index (χ1v) is 4.11. The van der Waals surface area contributed by atoms with Gasteiger partial charge in [-0.2, -0.15) is 0 Å². The summed E-state index contributed by atoms with van der Waals surface area (Å²) in [6, 6.07) is 0.135. The predicted octanol–water partition coefficient (Wildman–Crippen LogP) is 0.750. The molecule has 1 aliphatic rings.